The molecule has 5 rings (SSSR count). The minimum atomic E-state index is 0.186. The van der Waals surface area contributed by atoms with E-state index in [1.165, 1.54) is 30.4 Å². The molecule has 0 aliphatic heterocycles. The molecule has 8 heteroatoms. The maximum atomic E-state index is 5.59. The number of hydrogen-bond acceptors (Lipinski definition) is 8. The number of anilines is 3. The highest BCUT2D eigenvalue weighted by atomic mass is 16.5. The van der Waals surface area contributed by atoms with E-state index >= 15 is 0 Å². The Balaban J connectivity index is 1.39. The fourth-order valence-corrected chi connectivity index (χ4v) is 5.34. The summed E-state index contributed by atoms with van der Waals surface area (Å²) in [6, 6.07) is 15.1. The summed E-state index contributed by atoms with van der Waals surface area (Å²) in [6.45, 7) is 0.499. The normalized spacial score (nSPS) is 17.7. The molecule has 0 spiro atoms. The number of benzene rings is 2. The third kappa shape index (κ3) is 5.64. The van der Waals surface area contributed by atoms with Crippen LogP contribution in [0.5, 0.6) is 11.5 Å². The van der Waals surface area contributed by atoms with Crippen LogP contribution in [0, 0.1) is 0 Å². The standard InChI is InChI=1S/C28H36N6O2/c1-35-24-17-9-12-20(25(24)36-2)18-29-26-32-27(30-21-13-4-3-5-14-21)34-28(33-26)31-23-16-8-11-19-10-6-7-15-22(19)23/h6-7,9-10,12,15,17,21,23H,3-5,8,11,13-14,16,18H2,1-2H3,(H3,29,30,31,32,33,34). The molecule has 3 aromatic rings. The summed E-state index contributed by atoms with van der Waals surface area (Å²) < 4.78 is 11.0. The topological polar surface area (TPSA) is 93.2 Å². The van der Waals surface area contributed by atoms with Crippen LogP contribution in [0.2, 0.25) is 0 Å². The van der Waals surface area contributed by atoms with Crippen LogP contribution in [-0.2, 0) is 13.0 Å². The van der Waals surface area contributed by atoms with Gasteiger partial charge in [0.25, 0.3) is 0 Å². The van der Waals surface area contributed by atoms with E-state index < -0.39 is 0 Å². The number of rotatable bonds is 9. The minimum Gasteiger partial charge on any atom is -0.493 e. The van der Waals surface area contributed by atoms with E-state index in [-0.39, 0.29) is 6.04 Å². The number of methoxy groups -OCH3 is 2. The summed E-state index contributed by atoms with van der Waals surface area (Å²) in [5, 5.41) is 10.6. The van der Waals surface area contributed by atoms with Gasteiger partial charge in [-0.25, -0.2) is 0 Å². The number of aromatic nitrogens is 3. The highest BCUT2D eigenvalue weighted by molar-refractivity contribution is 5.49. The Hall–Kier alpha value is -3.55. The van der Waals surface area contributed by atoms with Crippen LogP contribution >= 0.6 is 0 Å². The lowest BCUT2D eigenvalue weighted by molar-refractivity contribution is 0.352. The summed E-state index contributed by atoms with van der Waals surface area (Å²) >= 11 is 0. The molecule has 1 atom stereocenters. The van der Waals surface area contributed by atoms with E-state index in [0.29, 0.717) is 41.9 Å². The zero-order valence-corrected chi connectivity index (χ0v) is 21.2. The smallest absolute Gasteiger partial charge is 0.229 e. The van der Waals surface area contributed by atoms with Gasteiger partial charge in [0.2, 0.25) is 17.8 Å². The molecule has 1 heterocycles. The highest BCUT2D eigenvalue weighted by Gasteiger charge is 2.22. The molecule has 8 nitrogen and oxygen atoms in total. The van der Waals surface area contributed by atoms with Crippen LogP contribution in [0.3, 0.4) is 0 Å². The molecule has 0 saturated heterocycles. The molecular formula is C28H36N6O2. The first-order valence-electron chi connectivity index (χ1n) is 13.0. The lowest BCUT2D eigenvalue weighted by atomic mass is 9.88. The van der Waals surface area contributed by atoms with Crippen LogP contribution in [0.1, 0.15) is 67.7 Å². The van der Waals surface area contributed by atoms with E-state index in [1.807, 2.05) is 18.2 Å². The van der Waals surface area contributed by atoms with Crippen molar-refractivity contribution in [1.82, 2.24) is 15.0 Å². The van der Waals surface area contributed by atoms with E-state index in [0.717, 1.165) is 37.7 Å². The van der Waals surface area contributed by atoms with Gasteiger partial charge in [0.15, 0.2) is 11.5 Å². The Morgan fingerprint density at radius 3 is 2.36 bits per heavy atom. The first kappa shape index (κ1) is 24.2. The third-order valence-electron chi connectivity index (χ3n) is 7.17. The second-order valence-corrected chi connectivity index (χ2v) is 9.58. The van der Waals surface area contributed by atoms with Crippen LogP contribution in [0.4, 0.5) is 17.8 Å². The average Bonchev–Trinajstić information content (AvgIpc) is 2.92. The molecule has 0 amide bonds. The van der Waals surface area contributed by atoms with Crippen molar-refractivity contribution >= 4 is 17.8 Å². The second-order valence-electron chi connectivity index (χ2n) is 9.58. The molecule has 1 unspecified atom stereocenters. The van der Waals surface area contributed by atoms with Crippen molar-refractivity contribution in [3.8, 4) is 11.5 Å². The van der Waals surface area contributed by atoms with Crippen LogP contribution < -0.4 is 25.4 Å². The largest absolute Gasteiger partial charge is 0.493 e. The number of hydrogen-bond donors (Lipinski definition) is 3. The third-order valence-corrected chi connectivity index (χ3v) is 7.17. The van der Waals surface area contributed by atoms with Crippen molar-refractivity contribution < 1.29 is 9.47 Å². The van der Waals surface area contributed by atoms with Crippen molar-refractivity contribution in [1.29, 1.82) is 0 Å². The SMILES string of the molecule is COc1cccc(CNc2nc(NC3CCCCC3)nc(NC3CCCc4ccccc43)n2)c1OC. The minimum absolute atomic E-state index is 0.186. The predicted molar refractivity (Wildman–Crippen MR) is 143 cm³/mol. The monoisotopic (exact) mass is 488 g/mol. The van der Waals surface area contributed by atoms with Crippen molar-refractivity contribution in [2.24, 2.45) is 0 Å². The maximum Gasteiger partial charge on any atom is 0.229 e. The second kappa shape index (κ2) is 11.5. The molecular weight excluding hydrogens is 452 g/mol. The van der Waals surface area contributed by atoms with Crippen molar-refractivity contribution in [2.75, 3.05) is 30.2 Å². The average molecular weight is 489 g/mol. The number of para-hydroxylation sites is 1. The molecule has 190 valence electrons. The number of ether oxygens (including phenoxy) is 2. The lowest BCUT2D eigenvalue weighted by Crippen LogP contribution is -2.25. The van der Waals surface area contributed by atoms with Crippen LogP contribution in [0.25, 0.3) is 0 Å². The van der Waals surface area contributed by atoms with Gasteiger partial charge in [0, 0.05) is 18.2 Å². The van der Waals surface area contributed by atoms with E-state index in [9.17, 15) is 0 Å². The van der Waals surface area contributed by atoms with E-state index in [1.54, 1.807) is 14.2 Å². The van der Waals surface area contributed by atoms with Crippen LogP contribution in [-0.4, -0.2) is 35.2 Å². The first-order valence-corrected chi connectivity index (χ1v) is 13.0. The number of fused-ring (bicyclic) bond motifs is 1. The van der Waals surface area contributed by atoms with Gasteiger partial charge in [0.05, 0.1) is 20.3 Å². The fraction of sp³-hybridized carbons (Fsp3) is 0.464. The van der Waals surface area contributed by atoms with Gasteiger partial charge in [-0.15, -0.1) is 0 Å². The first-order chi connectivity index (χ1) is 17.7. The molecule has 1 saturated carbocycles. The summed E-state index contributed by atoms with van der Waals surface area (Å²) in [4.78, 5) is 14.3. The van der Waals surface area contributed by atoms with Gasteiger partial charge < -0.3 is 25.4 Å². The van der Waals surface area contributed by atoms with E-state index in [2.05, 4.69) is 40.2 Å². The Morgan fingerprint density at radius 2 is 1.56 bits per heavy atom. The summed E-state index contributed by atoms with van der Waals surface area (Å²) in [7, 11) is 3.30. The fourth-order valence-electron chi connectivity index (χ4n) is 5.34. The van der Waals surface area contributed by atoms with Crippen LogP contribution in [0.15, 0.2) is 42.5 Å². The summed E-state index contributed by atoms with van der Waals surface area (Å²) in [5.74, 6) is 3.14. The van der Waals surface area contributed by atoms with Crippen molar-refractivity contribution in [3.05, 3.63) is 59.2 Å². The number of nitrogens with zero attached hydrogens (tertiary/aromatic N) is 3. The Morgan fingerprint density at radius 1 is 0.778 bits per heavy atom. The lowest BCUT2D eigenvalue weighted by Gasteiger charge is -2.27. The summed E-state index contributed by atoms with van der Waals surface area (Å²) in [5.41, 5.74) is 3.70. The Bertz CT molecular complexity index is 1160. The van der Waals surface area contributed by atoms with Gasteiger partial charge in [-0.1, -0.05) is 55.7 Å². The highest BCUT2D eigenvalue weighted by Crippen LogP contribution is 2.33. The number of nitrogens with one attached hydrogen (secondary N) is 3. The van der Waals surface area contributed by atoms with Gasteiger partial charge in [-0.3, -0.25) is 0 Å². The van der Waals surface area contributed by atoms with E-state index in [4.69, 9.17) is 24.4 Å². The predicted octanol–water partition coefficient (Wildman–Crippen LogP) is 5.74. The molecule has 1 fully saturated rings. The molecule has 0 bridgehead atoms. The van der Waals surface area contributed by atoms with Crippen molar-refractivity contribution in [3.63, 3.8) is 0 Å². The van der Waals surface area contributed by atoms with Gasteiger partial charge in [-0.2, -0.15) is 15.0 Å². The maximum absolute atomic E-state index is 5.59. The summed E-state index contributed by atoms with van der Waals surface area (Å²) in [6.07, 6.45) is 9.41. The molecule has 2 aromatic carbocycles. The van der Waals surface area contributed by atoms with Gasteiger partial charge >= 0.3 is 0 Å². The van der Waals surface area contributed by atoms with Gasteiger partial charge in [-0.05, 0) is 49.3 Å². The Labute approximate surface area is 213 Å². The quantitative estimate of drug-likeness (QED) is 0.351. The van der Waals surface area contributed by atoms with Crippen molar-refractivity contribution in [2.45, 2.75) is 70.0 Å². The molecule has 36 heavy (non-hydrogen) atoms. The molecule has 2 aliphatic rings. The molecule has 0 radical (unpaired) electrons. The molecule has 1 aromatic heterocycles. The molecule has 3 N–H and O–H groups in total. The van der Waals surface area contributed by atoms with Gasteiger partial charge in [0.1, 0.15) is 0 Å². The zero-order chi connectivity index (χ0) is 24.7. The zero-order valence-electron chi connectivity index (χ0n) is 21.2. The Kier molecular flexibility index (Phi) is 7.69. The molecule has 2 aliphatic carbocycles. The number of aryl methyl sites for hydroxylation is 1.